The number of nitrogens with zero attached hydrogens (tertiary/aromatic N) is 1. The molecule has 1 aromatic heterocycles. The number of hydrogen-bond donors (Lipinski definition) is 0. The Labute approximate surface area is 141 Å². The van der Waals surface area contributed by atoms with Crippen molar-refractivity contribution >= 4 is 33.2 Å². The number of carbonyl (C=O) groups excluding carboxylic acids is 1. The van der Waals surface area contributed by atoms with E-state index in [0.717, 1.165) is 29.8 Å². The molecule has 0 spiro atoms. The molecule has 0 radical (unpaired) electrons. The van der Waals surface area contributed by atoms with Gasteiger partial charge >= 0.3 is 0 Å². The lowest BCUT2D eigenvalue weighted by Crippen LogP contribution is -2.36. The molecule has 1 aliphatic rings. The van der Waals surface area contributed by atoms with Gasteiger partial charge in [0.1, 0.15) is 0 Å². The molecule has 1 aromatic rings. The van der Waals surface area contributed by atoms with Crippen LogP contribution in [0.3, 0.4) is 0 Å². The zero-order valence-corrected chi connectivity index (χ0v) is 15.9. The molecule has 1 heterocycles. The molecular weight excluding hydrogens is 346 g/mol. The van der Waals surface area contributed by atoms with Gasteiger partial charge in [0, 0.05) is 27.7 Å². The Bertz CT molecular complexity index is 483. The summed E-state index contributed by atoms with van der Waals surface area (Å²) < 4.78 is 1.11. The molecule has 2 nitrogen and oxygen atoms in total. The van der Waals surface area contributed by atoms with Crippen LogP contribution in [-0.4, -0.2) is 17.9 Å². The second-order valence-electron chi connectivity index (χ2n) is 7.34. The Kier molecular flexibility index (Phi) is 5.53. The maximum atomic E-state index is 12.6. The Morgan fingerprint density at radius 2 is 1.95 bits per heavy atom. The molecule has 1 amide bonds. The molecule has 0 aliphatic heterocycles. The molecule has 2 rings (SSSR count). The van der Waals surface area contributed by atoms with Gasteiger partial charge in [-0.05, 0) is 59.0 Å². The summed E-state index contributed by atoms with van der Waals surface area (Å²) in [5, 5.41) is 2.07. The van der Waals surface area contributed by atoms with Gasteiger partial charge in [-0.15, -0.1) is 11.3 Å². The summed E-state index contributed by atoms with van der Waals surface area (Å²) in [7, 11) is 1.94. The minimum Gasteiger partial charge on any atom is -0.340 e. The fraction of sp³-hybridized carbons (Fsp3) is 0.706. The molecule has 21 heavy (non-hydrogen) atoms. The van der Waals surface area contributed by atoms with E-state index in [1.54, 1.807) is 11.3 Å². The molecular formula is C17H26BrNOS. The van der Waals surface area contributed by atoms with Gasteiger partial charge in [0.2, 0.25) is 5.91 Å². The van der Waals surface area contributed by atoms with Crippen LogP contribution in [0.15, 0.2) is 15.9 Å². The number of carbonyl (C=O) groups is 1. The van der Waals surface area contributed by atoms with Gasteiger partial charge in [0.25, 0.3) is 0 Å². The van der Waals surface area contributed by atoms with Crippen LogP contribution in [0.1, 0.15) is 51.3 Å². The largest absolute Gasteiger partial charge is 0.340 e. The minimum absolute atomic E-state index is 0.233. The first-order chi connectivity index (χ1) is 9.77. The van der Waals surface area contributed by atoms with Crippen molar-refractivity contribution in [2.75, 3.05) is 7.05 Å². The lowest BCUT2D eigenvalue weighted by atomic mass is 9.69. The van der Waals surface area contributed by atoms with Crippen molar-refractivity contribution in [2.24, 2.45) is 17.3 Å². The Hall–Kier alpha value is -0.350. The smallest absolute Gasteiger partial charge is 0.225 e. The van der Waals surface area contributed by atoms with Crippen LogP contribution in [0.2, 0.25) is 0 Å². The molecule has 0 saturated heterocycles. The van der Waals surface area contributed by atoms with Crippen LogP contribution in [0, 0.1) is 17.3 Å². The fourth-order valence-corrected chi connectivity index (χ4v) is 4.77. The van der Waals surface area contributed by atoms with E-state index in [1.165, 1.54) is 17.7 Å². The van der Waals surface area contributed by atoms with E-state index in [1.807, 2.05) is 11.9 Å². The molecule has 0 N–H and O–H groups in total. The molecule has 0 unspecified atom stereocenters. The molecule has 1 fully saturated rings. The van der Waals surface area contributed by atoms with E-state index in [0.29, 0.717) is 11.3 Å². The Morgan fingerprint density at radius 1 is 1.33 bits per heavy atom. The molecule has 118 valence electrons. The first-order valence-corrected chi connectivity index (χ1v) is 9.42. The number of thiophene rings is 1. The Morgan fingerprint density at radius 3 is 2.43 bits per heavy atom. The highest BCUT2D eigenvalue weighted by atomic mass is 79.9. The zero-order valence-electron chi connectivity index (χ0n) is 13.5. The second kappa shape index (κ2) is 6.82. The van der Waals surface area contributed by atoms with Crippen molar-refractivity contribution < 1.29 is 4.79 Å². The van der Waals surface area contributed by atoms with Crippen LogP contribution in [0.5, 0.6) is 0 Å². The van der Waals surface area contributed by atoms with Crippen molar-refractivity contribution in [2.45, 2.75) is 53.0 Å². The number of amides is 1. The average molecular weight is 372 g/mol. The fourth-order valence-electron chi connectivity index (χ4n) is 3.27. The first-order valence-electron chi connectivity index (χ1n) is 7.75. The summed E-state index contributed by atoms with van der Waals surface area (Å²) in [5.41, 5.74) is 0.378. The van der Waals surface area contributed by atoms with Crippen molar-refractivity contribution in [1.82, 2.24) is 4.90 Å². The summed E-state index contributed by atoms with van der Waals surface area (Å²) in [5.74, 6) is 1.32. The van der Waals surface area contributed by atoms with E-state index in [9.17, 15) is 4.79 Å². The van der Waals surface area contributed by atoms with Gasteiger partial charge in [-0.2, -0.15) is 0 Å². The molecule has 1 aliphatic carbocycles. The van der Waals surface area contributed by atoms with Gasteiger partial charge in [0.05, 0.1) is 6.54 Å². The molecule has 0 aromatic carbocycles. The predicted octanol–water partition coefficient (Wildman–Crippen LogP) is 5.32. The van der Waals surface area contributed by atoms with Crippen molar-refractivity contribution in [3.05, 3.63) is 20.8 Å². The van der Waals surface area contributed by atoms with Gasteiger partial charge in [0.15, 0.2) is 0 Å². The van der Waals surface area contributed by atoms with E-state index in [2.05, 4.69) is 48.1 Å². The van der Waals surface area contributed by atoms with E-state index < -0.39 is 0 Å². The standard InChI is InChI=1S/C17H26BrNOS/c1-17(2,3)13-7-5-12(6-8-13)16(20)19(4)10-15-9-14(18)11-21-15/h9,11-13H,5-8,10H2,1-4H3. The normalized spacial score (nSPS) is 23.1. The third-order valence-corrected chi connectivity index (χ3v) is 6.37. The highest BCUT2D eigenvalue weighted by molar-refractivity contribution is 9.10. The topological polar surface area (TPSA) is 20.3 Å². The van der Waals surface area contributed by atoms with Crippen LogP contribution < -0.4 is 0 Å². The summed E-state index contributed by atoms with van der Waals surface area (Å²) in [6.45, 7) is 7.69. The van der Waals surface area contributed by atoms with Gasteiger partial charge in [-0.25, -0.2) is 0 Å². The zero-order chi connectivity index (χ0) is 15.6. The maximum Gasteiger partial charge on any atom is 0.225 e. The highest BCUT2D eigenvalue weighted by Crippen LogP contribution is 2.40. The Balaban J connectivity index is 1.86. The van der Waals surface area contributed by atoms with Crippen LogP contribution in [0.25, 0.3) is 0 Å². The molecule has 0 bridgehead atoms. The van der Waals surface area contributed by atoms with Gasteiger partial charge in [-0.1, -0.05) is 20.8 Å². The third kappa shape index (κ3) is 4.56. The summed E-state index contributed by atoms with van der Waals surface area (Å²) in [4.78, 5) is 15.7. The molecule has 1 saturated carbocycles. The highest BCUT2D eigenvalue weighted by Gasteiger charge is 2.33. The van der Waals surface area contributed by atoms with Crippen LogP contribution >= 0.6 is 27.3 Å². The third-order valence-electron chi connectivity index (χ3n) is 4.69. The molecule has 4 heteroatoms. The van der Waals surface area contributed by atoms with Crippen LogP contribution in [0.4, 0.5) is 0 Å². The first kappa shape index (κ1) is 17.0. The number of hydrogen-bond acceptors (Lipinski definition) is 2. The maximum absolute atomic E-state index is 12.6. The summed E-state index contributed by atoms with van der Waals surface area (Å²) in [6, 6.07) is 2.10. The monoisotopic (exact) mass is 371 g/mol. The minimum atomic E-state index is 0.233. The SMILES string of the molecule is CN(Cc1cc(Br)cs1)C(=O)C1CCC(C(C)(C)C)CC1. The lowest BCUT2D eigenvalue weighted by Gasteiger charge is -2.37. The second-order valence-corrected chi connectivity index (χ2v) is 9.25. The predicted molar refractivity (Wildman–Crippen MR) is 93.4 cm³/mol. The summed E-state index contributed by atoms with van der Waals surface area (Å²) in [6.07, 6.45) is 4.50. The summed E-state index contributed by atoms with van der Waals surface area (Å²) >= 11 is 5.17. The number of rotatable bonds is 3. The quantitative estimate of drug-likeness (QED) is 0.703. The van der Waals surface area contributed by atoms with Gasteiger partial charge in [-0.3, -0.25) is 4.79 Å². The van der Waals surface area contributed by atoms with Crippen molar-refractivity contribution in [1.29, 1.82) is 0 Å². The van der Waals surface area contributed by atoms with E-state index >= 15 is 0 Å². The number of halogens is 1. The van der Waals surface area contributed by atoms with Crippen LogP contribution in [-0.2, 0) is 11.3 Å². The molecule has 0 atom stereocenters. The van der Waals surface area contributed by atoms with Crippen molar-refractivity contribution in [3.63, 3.8) is 0 Å². The van der Waals surface area contributed by atoms with E-state index in [4.69, 9.17) is 0 Å². The van der Waals surface area contributed by atoms with Gasteiger partial charge < -0.3 is 4.90 Å². The van der Waals surface area contributed by atoms with E-state index in [-0.39, 0.29) is 5.92 Å². The van der Waals surface area contributed by atoms with Crippen molar-refractivity contribution in [3.8, 4) is 0 Å². The average Bonchev–Trinajstić information content (AvgIpc) is 2.82. The lowest BCUT2D eigenvalue weighted by molar-refractivity contribution is -0.136.